The van der Waals surface area contributed by atoms with E-state index in [-0.39, 0.29) is 34.8 Å². The fraction of sp³-hybridized carbons (Fsp3) is 0.700. The molecule has 2 aromatic heterocycles. The predicted octanol–water partition coefficient (Wildman–Crippen LogP) is 6.18. The van der Waals surface area contributed by atoms with Gasteiger partial charge in [-0.2, -0.15) is 0 Å². The van der Waals surface area contributed by atoms with E-state index in [2.05, 4.69) is 26.8 Å². The van der Waals surface area contributed by atoms with E-state index < -0.39 is 15.5 Å². The lowest BCUT2D eigenvalue weighted by molar-refractivity contribution is -0.153. The molecule has 214 valence electrons. The maximum Gasteiger partial charge on any atom is 0.290 e. The molecule has 39 heavy (non-hydrogen) atoms. The van der Waals surface area contributed by atoms with E-state index in [4.69, 9.17) is 32.6 Å². The van der Waals surface area contributed by atoms with E-state index >= 15 is 0 Å². The minimum absolute atomic E-state index is 0.0697. The van der Waals surface area contributed by atoms with Crippen LogP contribution in [0.2, 0.25) is 0 Å². The number of amides is 2. The zero-order valence-electron chi connectivity index (χ0n) is 23.9. The van der Waals surface area contributed by atoms with E-state index in [0.29, 0.717) is 43.6 Å². The van der Waals surface area contributed by atoms with Crippen molar-refractivity contribution in [3.63, 3.8) is 0 Å². The summed E-state index contributed by atoms with van der Waals surface area (Å²) in [5, 5.41) is 10.1. The molecule has 2 saturated carbocycles. The quantitative estimate of drug-likeness (QED) is 0.440. The van der Waals surface area contributed by atoms with Gasteiger partial charge in [0.15, 0.2) is 11.3 Å². The van der Waals surface area contributed by atoms with Gasteiger partial charge in [-0.15, -0.1) is 23.2 Å². The second kappa shape index (κ2) is 9.63. The summed E-state index contributed by atoms with van der Waals surface area (Å²) >= 11 is 12.8. The molecule has 0 atom stereocenters. The van der Waals surface area contributed by atoms with E-state index in [9.17, 15) is 14.7 Å². The fourth-order valence-corrected chi connectivity index (χ4v) is 6.97. The molecule has 2 amide bonds. The lowest BCUT2D eigenvalue weighted by atomic mass is 9.71. The van der Waals surface area contributed by atoms with Gasteiger partial charge in [-0.05, 0) is 70.8 Å². The number of aliphatic hydroxyl groups is 1. The van der Waals surface area contributed by atoms with Crippen LogP contribution in [0.5, 0.6) is 0 Å². The minimum atomic E-state index is -0.746. The van der Waals surface area contributed by atoms with Gasteiger partial charge in [0.05, 0.1) is 11.1 Å². The number of aromatic nitrogens is 1. The van der Waals surface area contributed by atoms with Crippen LogP contribution in [0.4, 0.5) is 0 Å². The summed E-state index contributed by atoms with van der Waals surface area (Å²) in [6.45, 7) is 13.5. The van der Waals surface area contributed by atoms with E-state index in [0.717, 1.165) is 36.9 Å². The summed E-state index contributed by atoms with van der Waals surface area (Å²) in [5.41, 5.74) is 1.85. The maximum absolute atomic E-state index is 13.8. The van der Waals surface area contributed by atoms with Gasteiger partial charge in [-0.1, -0.05) is 20.8 Å². The average molecular weight is 579 g/mol. The molecule has 2 aromatic rings. The van der Waals surface area contributed by atoms with Crippen molar-refractivity contribution in [1.82, 2.24) is 14.8 Å². The van der Waals surface area contributed by atoms with Gasteiger partial charge in [0.1, 0.15) is 9.85 Å². The van der Waals surface area contributed by atoms with Crippen molar-refractivity contribution in [3.8, 4) is 0 Å². The number of fused-ring (bicyclic) bond motifs is 1. The number of rotatable bonds is 3. The summed E-state index contributed by atoms with van der Waals surface area (Å²) in [6.07, 6.45) is 4.18. The predicted molar refractivity (Wildman–Crippen MR) is 153 cm³/mol. The summed E-state index contributed by atoms with van der Waals surface area (Å²) in [6, 6.07) is 3.91. The van der Waals surface area contributed by atoms with Gasteiger partial charge in [0.2, 0.25) is 5.91 Å². The first-order chi connectivity index (χ1) is 18.0. The fourth-order valence-electron chi connectivity index (χ4n) is 6.54. The van der Waals surface area contributed by atoms with E-state index in [1.165, 1.54) is 0 Å². The van der Waals surface area contributed by atoms with Crippen molar-refractivity contribution >= 4 is 46.1 Å². The largest absolute Gasteiger partial charge is 0.449 e. The van der Waals surface area contributed by atoms with Crippen LogP contribution in [-0.2, 0) is 10.2 Å². The third kappa shape index (κ3) is 5.69. The van der Waals surface area contributed by atoms with Crippen molar-refractivity contribution in [2.75, 3.05) is 19.6 Å². The van der Waals surface area contributed by atoms with Crippen molar-refractivity contribution in [3.05, 3.63) is 29.2 Å². The van der Waals surface area contributed by atoms with Crippen molar-refractivity contribution in [1.29, 1.82) is 0 Å². The first-order valence-electron chi connectivity index (χ1n) is 14.1. The third-order valence-electron chi connectivity index (χ3n) is 8.83. The number of pyridine rings is 1. The monoisotopic (exact) mass is 577 g/mol. The van der Waals surface area contributed by atoms with Crippen LogP contribution < -0.4 is 0 Å². The highest BCUT2D eigenvalue weighted by Gasteiger charge is 2.47. The van der Waals surface area contributed by atoms with Crippen molar-refractivity contribution in [2.45, 2.75) is 107 Å². The van der Waals surface area contributed by atoms with Crippen molar-refractivity contribution < 1.29 is 19.1 Å². The SMILES string of the molecule is CC(C)(C)c1cc(C2CCC(Cl)(Cl)CC2)nc2cc(C(=O)N3CCN(C(=O)[C@H]4C[C@@](C)(O)C4)CC3(C)C)oc12. The number of piperazine rings is 1. The third-order valence-corrected chi connectivity index (χ3v) is 9.59. The van der Waals surface area contributed by atoms with Gasteiger partial charge in [0.25, 0.3) is 5.91 Å². The zero-order chi connectivity index (χ0) is 28.5. The molecule has 2 aliphatic carbocycles. The Morgan fingerprint density at radius 1 is 1.08 bits per heavy atom. The Labute approximate surface area is 241 Å². The Hall–Kier alpha value is -1.83. The standard InChI is InChI=1S/C30H41Cl2N3O4/c1-27(2,3)20-13-21(18-7-9-30(31,32)10-8-18)33-22-14-23(39-24(20)22)26(37)35-12-11-34(17-28(35,4)5)25(36)19-15-29(6,38)16-19/h13-14,18-19,38H,7-12,15-17H2,1-6H3/t19-,29+. The molecule has 5 rings (SSSR count). The molecule has 0 spiro atoms. The maximum atomic E-state index is 13.8. The zero-order valence-corrected chi connectivity index (χ0v) is 25.5. The molecule has 1 saturated heterocycles. The summed E-state index contributed by atoms with van der Waals surface area (Å²) in [5.74, 6) is 0.273. The second-order valence-corrected chi connectivity index (χ2v) is 15.6. The van der Waals surface area contributed by atoms with Crippen LogP contribution in [0.25, 0.3) is 11.1 Å². The van der Waals surface area contributed by atoms with Gasteiger partial charge >= 0.3 is 0 Å². The number of alkyl halides is 2. The molecule has 7 nitrogen and oxygen atoms in total. The normalized spacial score (nSPS) is 27.5. The highest BCUT2D eigenvalue weighted by Crippen LogP contribution is 2.45. The van der Waals surface area contributed by atoms with Gasteiger partial charge in [0, 0.05) is 48.8 Å². The van der Waals surface area contributed by atoms with E-state index in [1.807, 2.05) is 23.6 Å². The minimum Gasteiger partial charge on any atom is -0.449 e. The first kappa shape index (κ1) is 28.7. The average Bonchev–Trinajstić information content (AvgIpc) is 3.24. The molecule has 1 aliphatic heterocycles. The van der Waals surface area contributed by atoms with Crippen molar-refractivity contribution in [2.24, 2.45) is 5.92 Å². The lowest BCUT2D eigenvalue weighted by Gasteiger charge is -2.49. The van der Waals surface area contributed by atoms with Crippen LogP contribution in [0.3, 0.4) is 0 Å². The number of carbonyl (C=O) groups excluding carboxylic acids is 2. The number of carbonyl (C=O) groups is 2. The Bertz CT molecular complexity index is 1280. The molecule has 0 bridgehead atoms. The van der Waals surface area contributed by atoms with E-state index in [1.54, 1.807) is 13.0 Å². The molecule has 0 aromatic carbocycles. The summed E-state index contributed by atoms with van der Waals surface area (Å²) in [7, 11) is 0. The molecular formula is C30H41Cl2N3O4. The first-order valence-corrected chi connectivity index (χ1v) is 14.9. The second-order valence-electron chi connectivity index (χ2n) is 13.9. The lowest BCUT2D eigenvalue weighted by Crippen LogP contribution is -2.63. The Balaban J connectivity index is 1.38. The van der Waals surface area contributed by atoms with Gasteiger partial charge in [-0.3, -0.25) is 9.59 Å². The topological polar surface area (TPSA) is 86.9 Å². The molecule has 9 heteroatoms. The number of nitrogens with zero attached hydrogens (tertiary/aromatic N) is 3. The number of hydrogen-bond acceptors (Lipinski definition) is 5. The number of halogens is 2. The molecule has 3 fully saturated rings. The summed E-state index contributed by atoms with van der Waals surface area (Å²) in [4.78, 5) is 35.4. The highest BCUT2D eigenvalue weighted by molar-refractivity contribution is 6.48. The van der Waals surface area contributed by atoms with Gasteiger partial charge < -0.3 is 19.3 Å². The van der Waals surface area contributed by atoms with Crippen LogP contribution in [0, 0.1) is 5.92 Å². The van der Waals surface area contributed by atoms with Crippen LogP contribution >= 0.6 is 23.2 Å². The Kier molecular flexibility index (Phi) is 7.08. The molecule has 0 unspecified atom stereocenters. The smallest absolute Gasteiger partial charge is 0.290 e. The molecule has 3 heterocycles. The Morgan fingerprint density at radius 2 is 1.72 bits per heavy atom. The van der Waals surface area contributed by atoms with Crippen LogP contribution in [-0.4, -0.2) is 66.8 Å². The molecule has 3 aliphatic rings. The number of hydrogen-bond donors (Lipinski definition) is 1. The highest BCUT2D eigenvalue weighted by atomic mass is 35.5. The number of furan rings is 1. The Morgan fingerprint density at radius 3 is 2.28 bits per heavy atom. The molecule has 0 radical (unpaired) electrons. The van der Waals surface area contributed by atoms with Gasteiger partial charge in [-0.25, -0.2) is 4.98 Å². The molecular weight excluding hydrogens is 537 g/mol. The summed E-state index contributed by atoms with van der Waals surface area (Å²) < 4.78 is 5.60. The van der Waals surface area contributed by atoms with Crippen LogP contribution in [0.15, 0.2) is 16.5 Å². The van der Waals surface area contributed by atoms with Crippen LogP contribution in [0.1, 0.15) is 108 Å². The molecule has 1 N–H and O–H groups in total.